The lowest BCUT2D eigenvalue weighted by Gasteiger charge is -2.38. The predicted molar refractivity (Wildman–Crippen MR) is 126 cm³/mol. The van der Waals surface area contributed by atoms with Crippen molar-refractivity contribution in [1.82, 2.24) is 4.90 Å². The van der Waals surface area contributed by atoms with Gasteiger partial charge in [0.05, 0.1) is 0 Å². The first-order valence-electron chi connectivity index (χ1n) is 10.4. The van der Waals surface area contributed by atoms with Crippen molar-refractivity contribution in [1.29, 1.82) is 0 Å². The fourth-order valence-electron chi connectivity index (χ4n) is 3.23. The second-order valence-corrected chi connectivity index (χ2v) is 23.1. The molecule has 0 aliphatic carbocycles. The van der Waals surface area contributed by atoms with E-state index in [4.69, 9.17) is 17.7 Å². The van der Waals surface area contributed by atoms with Crippen molar-refractivity contribution >= 4 is 37.1 Å². The highest BCUT2D eigenvalue weighted by molar-refractivity contribution is 6.87. The van der Waals surface area contributed by atoms with Crippen molar-refractivity contribution in [2.24, 2.45) is 0 Å². The third-order valence-electron chi connectivity index (χ3n) is 3.91. The number of ether oxygens (including phenoxy) is 2. The molecule has 1 rings (SSSR count). The molecule has 0 aromatic carbocycles. The molecule has 0 N–H and O–H groups in total. The number of esters is 2. The van der Waals surface area contributed by atoms with Crippen LogP contribution in [0.3, 0.4) is 0 Å². The SMILES string of the molecule is CN(/C=C/C=C1C(=O)OC(C)(C)OC1=O)CCC[Si](C)(O[Si](C)(C)C)O[Si](C)(C)C. The highest BCUT2D eigenvalue weighted by atomic mass is 28.5. The second-order valence-electron chi connectivity index (χ2n) is 10.2. The molecule has 0 radical (unpaired) electrons. The minimum Gasteiger partial charge on any atom is -0.437 e. The summed E-state index contributed by atoms with van der Waals surface area (Å²) < 4.78 is 23.2. The van der Waals surface area contributed by atoms with E-state index in [0.29, 0.717) is 0 Å². The number of rotatable bonds is 10. The Balaban J connectivity index is 2.65. The van der Waals surface area contributed by atoms with Gasteiger partial charge in [0.25, 0.3) is 5.79 Å². The molecule has 10 heteroatoms. The summed E-state index contributed by atoms with van der Waals surface area (Å²) in [6, 6.07) is 0.925. The van der Waals surface area contributed by atoms with Crippen molar-refractivity contribution in [2.45, 2.75) is 77.9 Å². The molecule has 172 valence electrons. The molecule has 1 heterocycles. The summed E-state index contributed by atoms with van der Waals surface area (Å²) in [6.07, 6.45) is 5.85. The molecule has 0 spiro atoms. The number of carbonyl (C=O) groups excluding carboxylic acids is 2. The third kappa shape index (κ3) is 10.2. The first-order valence-corrected chi connectivity index (χ1v) is 19.7. The zero-order valence-electron chi connectivity index (χ0n) is 20.3. The van der Waals surface area contributed by atoms with E-state index in [9.17, 15) is 9.59 Å². The number of allylic oxidation sites excluding steroid dienone is 2. The molecule has 0 unspecified atom stereocenters. The lowest BCUT2D eigenvalue weighted by atomic mass is 10.2. The predicted octanol–water partition coefficient (Wildman–Crippen LogP) is 4.36. The molecule has 7 nitrogen and oxygen atoms in total. The molecule has 1 aliphatic heterocycles. The molecule has 1 fully saturated rings. The molecule has 30 heavy (non-hydrogen) atoms. The summed E-state index contributed by atoms with van der Waals surface area (Å²) >= 11 is 0. The van der Waals surface area contributed by atoms with Crippen LogP contribution in [0.4, 0.5) is 0 Å². The Morgan fingerprint density at radius 2 is 1.40 bits per heavy atom. The smallest absolute Gasteiger partial charge is 0.348 e. The summed E-state index contributed by atoms with van der Waals surface area (Å²) in [4.78, 5) is 25.9. The Morgan fingerprint density at radius 3 is 1.83 bits per heavy atom. The molecule has 0 saturated carbocycles. The quantitative estimate of drug-likeness (QED) is 0.202. The third-order valence-corrected chi connectivity index (χ3v) is 13.5. The molecular weight excluding hydrogens is 434 g/mol. The summed E-state index contributed by atoms with van der Waals surface area (Å²) in [5, 5.41) is 0. The van der Waals surface area contributed by atoms with Gasteiger partial charge >= 0.3 is 20.5 Å². The maximum Gasteiger partial charge on any atom is 0.348 e. The van der Waals surface area contributed by atoms with Crippen molar-refractivity contribution in [3.05, 3.63) is 23.9 Å². The Morgan fingerprint density at radius 1 is 0.933 bits per heavy atom. The lowest BCUT2D eigenvalue weighted by Crippen LogP contribution is -2.52. The van der Waals surface area contributed by atoms with E-state index < -0.39 is 42.9 Å². The van der Waals surface area contributed by atoms with Gasteiger partial charge < -0.3 is 22.6 Å². The van der Waals surface area contributed by atoms with E-state index in [1.807, 2.05) is 18.1 Å². The first-order chi connectivity index (χ1) is 13.4. The van der Waals surface area contributed by atoms with E-state index >= 15 is 0 Å². The molecule has 0 atom stereocenters. The van der Waals surface area contributed by atoms with Gasteiger partial charge in [-0.3, -0.25) is 0 Å². The van der Waals surface area contributed by atoms with Crippen LogP contribution in [-0.4, -0.2) is 61.4 Å². The van der Waals surface area contributed by atoms with E-state index in [1.54, 1.807) is 6.08 Å². The minimum absolute atomic E-state index is 0.106. The second kappa shape index (κ2) is 9.94. The average molecular weight is 474 g/mol. The van der Waals surface area contributed by atoms with Crippen LogP contribution in [-0.2, 0) is 27.3 Å². The topological polar surface area (TPSA) is 74.3 Å². The van der Waals surface area contributed by atoms with Gasteiger partial charge in [-0.25, -0.2) is 9.59 Å². The maximum atomic E-state index is 12.0. The van der Waals surface area contributed by atoms with Gasteiger partial charge in [0.15, 0.2) is 16.6 Å². The van der Waals surface area contributed by atoms with E-state index in [0.717, 1.165) is 19.0 Å². The van der Waals surface area contributed by atoms with Gasteiger partial charge in [-0.05, 0) is 76.6 Å². The van der Waals surface area contributed by atoms with Crippen LogP contribution >= 0.6 is 0 Å². The van der Waals surface area contributed by atoms with Crippen LogP contribution in [0.1, 0.15) is 20.3 Å². The molecule has 0 amide bonds. The van der Waals surface area contributed by atoms with Gasteiger partial charge in [-0.1, -0.05) is 0 Å². The monoisotopic (exact) mass is 473 g/mol. The molecule has 0 aromatic heterocycles. The zero-order chi connectivity index (χ0) is 23.4. The lowest BCUT2D eigenvalue weighted by molar-refractivity contribution is -0.222. The fourth-order valence-corrected chi connectivity index (χ4v) is 15.7. The van der Waals surface area contributed by atoms with Crippen LogP contribution in [0.5, 0.6) is 0 Å². The Labute approximate surface area is 184 Å². The summed E-state index contributed by atoms with van der Waals surface area (Å²) in [7, 11) is -3.68. The average Bonchev–Trinajstić information content (AvgIpc) is 2.44. The van der Waals surface area contributed by atoms with Crippen LogP contribution < -0.4 is 0 Å². The maximum absolute atomic E-state index is 12.0. The van der Waals surface area contributed by atoms with Crippen molar-refractivity contribution < 1.29 is 27.3 Å². The van der Waals surface area contributed by atoms with Crippen LogP contribution in [0.25, 0.3) is 0 Å². The molecule has 1 aliphatic rings. The van der Waals surface area contributed by atoms with Gasteiger partial charge in [0, 0.05) is 27.4 Å². The Kier molecular flexibility index (Phi) is 8.89. The normalized spacial score (nSPS) is 17.7. The van der Waals surface area contributed by atoms with Crippen LogP contribution in [0.2, 0.25) is 51.9 Å². The molecular formula is C20H39NO6Si3. The minimum atomic E-state index is -2.24. The van der Waals surface area contributed by atoms with Crippen molar-refractivity contribution in [3.8, 4) is 0 Å². The largest absolute Gasteiger partial charge is 0.437 e. The van der Waals surface area contributed by atoms with Crippen molar-refractivity contribution in [3.63, 3.8) is 0 Å². The number of nitrogens with zero attached hydrogens (tertiary/aromatic N) is 1. The standard InChI is InChI=1S/C20H39NO6Si3/c1-20(2)24-18(22)17(19(23)25-20)13-11-14-21(3)15-12-16-30(10,26-28(4,5)6)27-29(7,8)9/h11,13-14H,12,15-16H2,1-10H3/b14-11+. The van der Waals surface area contributed by atoms with E-state index in [1.165, 1.54) is 19.9 Å². The first kappa shape index (κ1) is 26.8. The molecule has 1 saturated heterocycles. The van der Waals surface area contributed by atoms with E-state index in [2.05, 4.69) is 45.8 Å². The van der Waals surface area contributed by atoms with Crippen molar-refractivity contribution in [2.75, 3.05) is 13.6 Å². The van der Waals surface area contributed by atoms with Gasteiger partial charge in [-0.2, -0.15) is 0 Å². The zero-order valence-corrected chi connectivity index (χ0v) is 23.3. The molecule has 0 aromatic rings. The highest BCUT2D eigenvalue weighted by Crippen LogP contribution is 2.26. The van der Waals surface area contributed by atoms with Crippen LogP contribution in [0, 0.1) is 0 Å². The summed E-state index contributed by atoms with van der Waals surface area (Å²) in [6.45, 7) is 19.3. The van der Waals surface area contributed by atoms with Gasteiger partial charge in [0.2, 0.25) is 0 Å². The number of hydrogen-bond acceptors (Lipinski definition) is 7. The van der Waals surface area contributed by atoms with Gasteiger partial charge in [0.1, 0.15) is 5.57 Å². The number of carbonyl (C=O) groups is 2. The summed E-state index contributed by atoms with van der Waals surface area (Å²) in [5.41, 5.74) is -0.106. The fraction of sp³-hybridized carbons (Fsp3) is 0.700. The highest BCUT2D eigenvalue weighted by Gasteiger charge is 2.40. The Bertz CT molecular complexity index is 654. The molecule has 0 bridgehead atoms. The van der Waals surface area contributed by atoms with E-state index in [-0.39, 0.29) is 5.57 Å². The van der Waals surface area contributed by atoms with Gasteiger partial charge in [-0.15, -0.1) is 0 Å². The Hall–Kier alpha value is -1.21. The van der Waals surface area contributed by atoms with Crippen LogP contribution in [0.15, 0.2) is 23.9 Å². The number of hydrogen-bond donors (Lipinski definition) is 0. The number of cyclic esters (lactones) is 2. The summed E-state index contributed by atoms with van der Waals surface area (Å²) in [5.74, 6) is -2.56.